The summed E-state index contributed by atoms with van der Waals surface area (Å²) in [5, 5.41) is 6.18. The van der Waals surface area contributed by atoms with E-state index in [1.54, 1.807) is 22.8 Å². The van der Waals surface area contributed by atoms with Crippen LogP contribution in [0, 0.1) is 11.7 Å². The van der Waals surface area contributed by atoms with E-state index in [1.165, 1.54) is 19.1 Å². The van der Waals surface area contributed by atoms with Gasteiger partial charge in [0, 0.05) is 48.8 Å². The molecule has 2 heterocycles. The van der Waals surface area contributed by atoms with E-state index in [9.17, 15) is 9.18 Å². The SMILES string of the molecule is CC(=O)N1N=C2c3cc(F)ccc3SC[C@H]2[C@H]1c1ccc(N(C)C)cc1. The van der Waals surface area contributed by atoms with Crippen molar-refractivity contribution in [3.05, 3.63) is 59.4 Å². The molecule has 2 atom stereocenters. The highest BCUT2D eigenvalue weighted by Crippen LogP contribution is 2.45. The predicted octanol–water partition coefficient (Wildman–Crippen LogP) is 3.92. The predicted molar refractivity (Wildman–Crippen MR) is 103 cm³/mol. The minimum Gasteiger partial charge on any atom is -0.378 e. The number of halogens is 1. The van der Waals surface area contributed by atoms with Crippen LogP contribution < -0.4 is 4.90 Å². The molecule has 6 heteroatoms. The van der Waals surface area contributed by atoms with Gasteiger partial charge in [-0.1, -0.05) is 12.1 Å². The van der Waals surface area contributed by atoms with E-state index >= 15 is 0 Å². The van der Waals surface area contributed by atoms with Crippen molar-refractivity contribution in [3.8, 4) is 0 Å². The van der Waals surface area contributed by atoms with Gasteiger partial charge in [0.15, 0.2) is 0 Å². The van der Waals surface area contributed by atoms with Crippen molar-refractivity contribution in [2.45, 2.75) is 17.9 Å². The average molecular weight is 369 g/mol. The summed E-state index contributed by atoms with van der Waals surface area (Å²) in [5.41, 5.74) is 3.78. The van der Waals surface area contributed by atoms with E-state index in [4.69, 9.17) is 0 Å². The fourth-order valence-electron chi connectivity index (χ4n) is 3.61. The summed E-state index contributed by atoms with van der Waals surface area (Å²) >= 11 is 1.70. The molecular formula is C20H20FN3OS. The Morgan fingerprint density at radius 3 is 2.62 bits per heavy atom. The Bertz CT molecular complexity index is 894. The van der Waals surface area contributed by atoms with Crippen LogP contribution in [0.4, 0.5) is 10.1 Å². The van der Waals surface area contributed by atoms with Crippen molar-refractivity contribution in [1.82, 2.24) is 5.01 Å². The Labute approximate surface area is 156 Å². The molecule has 2 aromatic carbocycles. The van der Waals surface area contributed by atoms with Gasteiger partial charge in [-0.15, -0.1) is 11.8 Å². The third-order valence-corrected chi connectivity index (χ3v) is 6.11. The Morgan fingerprint density at radius 1 is 1.23 bits per heavy atom. The lowest BCUT2D eigenvalue weighted by molar-refractivity contribution is -0.131. The minimum absolute atomic E-state index is 0.0587. The van der Waals surface area contributed by atoms with E-state index in [0.29, 0.717) is 0 Å². The van der Waals surface area contributed by atoms with Gasteiger partial charge in [0.2, 0.25) is 5.91 Å². The van der Waals surface area contributed by atoms with Crippen molar-refractivity contribution in [1.29, 1.82) is 0 Å². The summed E-state index contributed by atoms with van der Waals surface area (Å²) in [7, 11) is 3.99. The van der Waals surface area contributed by atoms with Crippen molar-refractivity contribution in [3.63, 3.8) is 0 Å². The van der Waals surface area contributed by atoms with Crippen LogP contribution in [0.2, 0.25) is 0 Å². The van der Waals surface area contributed by atoms with E-state index in [-0.39, 0.29) is 23.7 Å². The molecule has 2 aromatic rings. The summed E-state index contributed by atoms with van der Waals surface area (Å²) < 4.78 is 13.8. The first-order valence-corrected chi connectivity index (χ1v) is 9.52. The second kappa shape index (κ2) is 6.43. The van der Waals surface area contributed by atoms with Gasteiger partial charge in [-0.2, -0.15) is 5.10 Å². The molecule has 2 aliphatic heterocycles. The van der Waals surface area contributed by atoms with Crippen molar-refractivity contribution >= 4 is 29.1 Å². The van der Waals surface area contributed by atoms with Crippen molar-refractivity contribution in [2.24, 2.45) is 11.0 Å². The number of thioether (sulfide) groups is 1. The molecule has 0 spiro atoms. The summed E-state index contributed by atoms with van der Waals surface area (Å²) in [6.07, 6.45) is 0. The Morgan fingerprint density at radius 2 is 1.96 bits per heavy atom. The number of carbonyl (C=O) groups is 1. The summed E-state index contributed by atoms with van der Waals surface area (Å²) in [6, 6.07) is 12.9. The van der Waals surface area contributed by atoms with Gasteiger partial charge in [0.1, 0.15) is 5.82 Å². The van der Waals surface area contributed by atoms with Crippen LogP contribution in [0.15, 0.2) is 52.5 Å². The van der Waals surface area contributed by atoms with Gasteiger partial charge in [-0.05, 0) is 35.9 Å². The number of fused-ring (bicyclic) bond motifs is 3. The van der Waals surface area contributed by atoms with Crippen molar-refractivity contribution in [2.75, 3.05) is 24.7 Å². The lowest BCUT2D eigenvalue weighted by Gasteiger charge is -2.29. The molecule has 0 aromatic heterocycles. The fourth-order valence-corrected chi connectivity index (χ4v) is 4.80. The number of hydrogen-bond acceptors (Lipinski definition) is 4. The van der Waals surface area contributed by atoms with Gasteiger partial charge in [0.25, 0.3) is 0 Å². The molecule has 2 aliphatic rings. The monoisotopic (exact) mass is 369 g/mol. The number of benzene rings is 2. The minimum atomic E-state index is -0.277. The number of hydrazone groups is 1. The van der Waals surface area contributed by atoms with Crippen LogP contribution in [0.3, 0.4) is 0 Å². The molecule has 0 aliphatic carbocycles. The average Bonchev–Trinajstić information content (AvgIpc) is 3.02. The molecule has 0 saturated heterocycles. The molecule has 4 rings (SSSR count). The van der Waals surface area contributed by atoms with E-state index in [0.717, 1.165) is 33.2 Å². The number of nitrogens with zero attached hydrogens (tertiary/aromatic N) is 3. The first-order valence-electron chi connectivity index (χ1n) is 8.54. The summed E-state index contributed by atoms with van der Waals surface area (Å²) in [6.45, 7) is 1.53. The zero-order valence-corrected chi connectivity index (χ0v) is 15.8. The third kappa shape index (κ3) is 2.78. The Kier molecular flexibility index (Phi) is 4.23. The highest BCUT2D eigenvalue weighted by molar-refractivity contribution is 7.99. The highest BCUT2D eigenvalue weighted by atomic mass is 32.2. The van der Waals surface area contributed by atoms with E-state index in [2.05, 4.69) is 29.4 Å². The number of amides is 1. The normalized spacial score (nSPS) is 21.1. The molecule has 0 unspecified atom stereocenters. The maximum Gasteiger partial charge on any atom is 0.240 e. The first-order chi connectivity index (χ1) is 12.5. The van der Waals surface area contributed by atoms with Crippen LogP contribution in [0.5, 0.6) is 0 Å². The molecule has 0 bridgehead atoms. The number of carbonyl (C=O) groups excluding carboxylic acids is 1. The van der Waals surface area contributed by atoms with Crippen LogP contribution in [0.1, 0.15) is 24.1 Å². The highest BCUT2D eigenvalue weighted by Gasteiger charge is 2.43. The molecule has 134 valence electrons. The molecule has 0 radical (unpaired) electrons. The number of anilines is 1. The molecule has 26 heavy (non-hydrogen) atoms. The smallest absolute Gasteiger partial charge is 0.240 e. The quantitative estimate of drug-likeness (QED) is 0.805. The van der Waals surface area contributed by atoms with Crippen LogP contribution in [-0.4, -0.2) is 36.5 Å². The zero-order valence-electron chi connectivity index (χ0n) is 14.9. The Hall–Kier alpha value is -2.34. The summed E-state index contributed by atoms with van der Waals surface area (Å²) in [5.74, 6) is 0.502. The van der Waals surface area contributed by atoms with Gasteiger partial charge >= 0.3 is 0 Å². The van der Waals surface area contributed by atoms with Crippen LogP contribution in [-0.2, 0) is 4.79 Å². The standard InChI is InChI=1S/C20H20FN3OS/c1-12(25)24-20(13-4-7-15(8-5-13)23(2)3)17-11-26-18-9-6-14(21)10-16(18)19(17)22-24/h4-10,17,20H,11H2,1-3H3/t17-,20-/m1/s1. The maximum absolute atomic E-state index is 13.8. The van der Waals surface area contributed by atoms with Crippen LogP contribution >= 0.6 is 11.8 Å². The van der Waals surface area contributed by atoms with Crippen molar-refractivity contribution < 1.29 is 9.18 Å². The molecule has 4 nitrogen and oxygen atoms in total. The molecule has 1 amide bonds. The second-order valence-electron chi connectivity index (χ2n) is 6.84. The first kappa shape index (κ1) is 17.1. The van der Waals surface area contributed by atoms with Gasteiger partial charge in [-0.25, -0.2) is 9.40 Å². The fraction of sp³-hybridized carbons (Fsp3) is 0.300. The maximum atomic E-state index is 13.8. The lowest BCUT2D eigenvalue weighted by atomic mass is 9.88. The van der Waals surface area contributed by atoms with Gasteiger partial charge < -0.3 is 4.90 Å². The lowest BCUT2D eigenvalue weighted by Crippen LogP contribution is -2.31. The molecule has 0 fully saturated rings. The van der Waals surface area contributed by atoms with Crippen LogP contribution in [0.25, 0.3) is 0 Å². The topological polar surface area (TPSA) is 35.9 Å². The molecular weight excluding hydrogens is 349 g/mol. The number of hydrogen-bond donors (Lipinski definition) is 0. The Balaban J connectivity index is 1.76. The number of rotatable bonds is 2. The summed E-state index contributed by atoms with van der Waals surface area (Å²) in [4.78, 5) is 15.3. The van der Waals surface area contributed by atoms with E-state index < -0.39 is 0 Å². The van der Waals surface area contributed by atoms with E-state index in [1.807, 2.05) is 19.0 Å². The second-order valence-corrected chi connectivity index (χ2v) is 7.90. The van der Waals surface area contributed by atoms with Gasteiger partial charge in [-0.3, -0.25) is 4.79 Å². The third-order valence-electron chi connectivity index (χ3n) is 4.92. The van der Waals surface area contributed by atoms with Gasteiger partial charge in [0.05, 0.1) is 11.8 Å². The molecule has 0 N–H and O–H groups in total. The molecule has 0 saturated carbocycles. The zero-order chi connectivity index (χ0) is 18.4. The largest absolute Gasteiger partial charge is 0.378 e.